The van der Waals surface area contributed by atoms with Gasteiger partial charge < -0.3 is 19.5 Å². The summed E-state index contributed by atoms with van der Waals surface area (Å²) in [6.07, 6.45) is -1.14. The Morgan fingerprint density at radius 1 is 0.933 bits per heavy atom. The zero-order valence-corrected chi connectivity index (χ0v) is 16.8. The third-order valence-electron chi connectivity index (χ3n) is 4.31. The molecule has 0 fully saturated rings. The zero-order valence-electron chi connectivity index (χ0n) is 16.8. The minimum Gasteiger partial charge on any atom is -0.497 e. The molecule has 30 heavy (non-hydrogen) atoms. The molecular formula is C24H23NO5. The van der Waals surface area contributed by atoms with Crippen molar-refractivity contribution in [2.75, 3.05) is 19.0 Å². The van der Waals surface area contributed by atoms with Gasteiger partial charge in [0, 0.05) is 17.3 Å². The van der Waals surface area contributed by atoms with E-state index in [0.29, 0.717) is 29.4 Å². The van der Waals surface area contributed by atoms with E-state index in [0.717, 1.165) is 0 Å². The van der Waals surface area contributed by atoms with Crippen LogP contribution in [0.1, 0.15) is 28.9 Å². The topological polar surface area (TPSA) is 73.9 Å². The highest BCUT2D eigenvalue weighted by Gasteiger charge is 2.27. The van der Waals surface area contributed by atoms with Gasteiger partial charge in [-0.2, -0.15) is 0 Å². The molecule has 3 aromatic carbocycles. The summed E-state index contributed by atoms with van der Waals surface area (Å²) in [5.41, 5.74) is 1.35. The Labute approximate surface area is 175 Å². The van der Waals surface area contributed by atoms with Crippen LogP contribution in [0.5, 0.6) is 11.5 Å². The molecule has 3 aromatic rings. The number of anilines is 1. The second-order valence-electron chi connectivity index (χ2n) is 6.35. The molecule has 0 saturated heterocycles. The molecule has 0 aliphatic heterocycles. The lowest BCUT2D eigenvalue weighted by Gasteiger charge is -2.19. The minimum atomic E-state index is -1.14. The normalized spacial score (nSPS) is 11.3. The molecule has 0 aliphatic carbocycles. The number of nitrogens with one attached hydrogen (secondary N) is 1. The molecule has 0 bridgehead atoms. The predicted molar refractivity (Wildman–Crippen MR) is 114 cm³/mol. The number of hydrogen-bond acceptors (Lipinski definition) is 5. The first kappa shape index (κ1) is 20.9. The van der Waals surface area contributed by atoms with E-state index in [-0.39, 0.29) is 5.56 Å². The molecule has 0 saturated carbocycles. The van der Waals surface area contributed by atoms with E-state index in [1.807, 2.05) is 13.0 Å². The summed E-state index contributed by atoms with van der Waals surface area (Å²) in [4.78, 5) is 25.9. The highest BCUT2D eigenvalue weighted by Crippen LogP contribution is 2.26. The maximum absolute atomic E-state index is 13.0. The molecule has 6 nitrogen and oxygen atoms in total. The smallest absolute Gasteiger partial charge is 0.343 e. The molecule has 1 atom stereocenters. The zero-order chi connectivity index (χ0) is 21.3. The van der Waals surface area contributed by atoms with Crippen LogP contribution in [0.2, 0.25) is 0 Å². The van der Waals surface area contributed by atoms with Crippen molar-refractivity contribution in [3.8, 4) is 11.5 Å². The summed E-state index contributed by atoms with van der Waals surface area (Å²) in [6.45, 7) is 2.24. The standard InChI is InChI=1S/C24H23NO5/c1-3-29-21-15-8-7-14-20(21)24(27)30-22(17-10-5-4-6-11-17)23(26)25-18-12-9-13-19(16-18)28-2/h4-16,22H,3H2,1-2H3,(H,25,26)/t22-/m0/s1. The van der Waals surface area contributed by atoms with Crippen molar-refractivity contribution in [1.29, 1.82) is 0 Å². The van der Waals surface area contributed by atoms with E-state index in [1.54, 1.807) is 79.9 Å². The largest absolute Gasteiger partial charge is 0.497 e. The van der Waals surface area contributed by atoms with Crippen molar-refractivity contribution in [2.45, 2.75) is 13.0 Å². The molecule has 0 aliphatic rings. The summed E-state index contributed by atoms with van der Waals surface area (Å²) in [6, 6.07) is 22.6. The number of ether oxygens (including phenoxy) is 3. The highest BCUT2D eigenvalue weighted by molar-refractivity contribution is 5.99. The van der Waals surface area contributed by atoms with Gasteiger partial charge in [0.25, 0.3) is 5.91 Å². The first-order chi connectivity index (χ1) is 14.6. The van der Waals surface area contributed by atoms with Gasteiger partial charge >= 0.3 is 5.97 Å². The molecule has 0 spiro atoms. The number of amides is 1. The van der Waals surface area contributed by atoms with Gasteiger partial charge in [-0.1, -0.05) is 48.5 Å². The van der Waals surface area contributed by atoms with Crippen LogP contribution in [-0.4, -0.2) is 25.6 Å². The van der Waals surface area contributed by atoms with Crippen molar-refractivity contribution in [3.63, 3.8) is 0 Å². The van der Waals surface area contributed by atoms with E-state index in [2.05, 4.69) is 5.32 Å². The Morgan fingerprint density at radius 3 is 2.40 bits per heavy atom. The van der Waals surface area contributed by atoms with Crippen molar-refractivity contribution in [3.05, 3.63) is 90.0 Å². The average Bonchev–Trinajstić information content (AvgIpc) is 2.78. The lowest BCUT2D eigenvalue weighted by molar-refractivity contribution is -0.125. The van der Waals surface area contributed by atoms with Crippen LogP contribution in [-0.2, 0) is 9.53 Å². The maximum Gasteiger partial charge on any atom is 0.343 e. The lowest BCUT2D eigenvalue weighted by Crippen LogP contribution is -2.26. The van der Waals surface area contributed by atoms with E-state index in [4.69, 9.17) is 14.2 Å². The summed E-state index contributed by atoms with van der Waals surface area (Å²) >= 11 is 0. The van der Waals surface area contributed by atoms with Gasteiger partial charge in [0.05, 0.1) is 13.7 Å². The number of benzene rings is 3. The number of hydrogen-bond donors (Lipinski definition) is 1. The van der Waals surface area contributed by atoms with Gasteiger partial charge in [-0.15, -0.1) is 0 Å². The number of esters is 1. The van der Waals surface area contributed by atoms with Crippen LogP contribution < -0.4 is 14.8 Å². The van der Waals surface area contributed by atoms with Crippen molar-refractivity contribution >= 4 is 17.6 Å². The summed E-state index contributed by atoms with van der Waals surface area (Å²) in [7, 11) is 1.55. The maximum atomic E-state index is 13.0. The molecule has 6 heteroatoms. The fourth-order valence-corrected chi connectivity index (χ4v) is 2.90. The van der Waals surface area contributed by atoms with Gasteiger partial charge in [0.15, 0.2) is 0 Å². The fraction of sp³-hybridized carbons (Fsp3) is 0.167. The summed E-state index contributed by atoms with van der Waals surface area (Å²) in [5, 5.41) is 2.78. The Balaban J connectivity index is 1.86. The van der Waals surface area contributed by atoms with Crippen LogP contribution >= 0.6 is 0 Å². The molecule has 3 rings (SSSR count). The van der Waals surface area contributed by atoms with Crippen LogP contribution in [0.25, 0.3) is 0 Å². The molecule has 154 valence electrons. The van der Waals surface area contributed by atoms with E-state index in [9.17, 15) is 9.59 Å². The second-order valence-corrected chi connectivity index (χ2v) is 6.35. The first-order valence-electron chi connectivity index (χ1n) is 9.55. The van der Waals surface area contributed by atoms with Crippen LogP contribution in [0.3, 0.4) is 0 Å². The molecule has 0 radical (unpaired) electrons. The van der Waals surface area contributed by atoms with E-state index in [1.165, 1.54) is 0 Å². The Hall–Kier alpha value is -3.80. The monoisotopic (exact) mass is 405 g/mol. The van der Waals surface area contributed by atoms with Crippen LogP contribution in [0.4, 0.5) is 5.69 Å². The molecule has 0 aromatic heterocycles. The summed E-state index contributed by atoms with van der Waals surface area (Å²) < 4.78 is 16.3. The van der Waals surface area contributed by atoms with Gasteiger partial charge in [-0.3, -0.25) is 4.79 Å². The quantitative estimate of drug-likeness (QED) is 0.553. The van der Waals surface area contributed by atoms with Crippen molar-refractivity contribution in [1.82, 2.24) is 0 Å². The highest BCUT2D eigenvalue weighted by atomic mass is 16.6. The third kappa shape index (κ3) is 5.17. The van der Waals surface area contributed by atoms with Crippen molar-refractivity contribution in [2.24, 2.45) is 0 Å². The van der Waals surface area contributed by atoms with Gasteiger partial charge in [0.2, 0.25) is 6.10 Å². The Bertz CT molecular complexity index is 1000. The van der Waals surface area contributed by atoms with Gasteiger partial charge in [-0.05, 0) is 31.2 Å². The summed E-state index contributed by atoms with van der Waals surface area (Å²) in [5.74, 6) is -0.109. The molecular weight excluding hydrogens is 382 g/mol. The van der Waals surface area contributed by atoms with Gasteiger partial charge in [-0.25, -0.2) is 4.79 Å². The van der Waals surface area contributed by atoms with E-state index < -0.39 is 18.0 Å². The number of carbonyl (C=O) groups is 2. The molecule has 1 amide bonds. The molecule has 0 unspecified atom stereocenters. The predicted octanol–water partition coefficient (Wildman–Crippen LogP) is 4.63. The molecule has 1 N–H and O–H groups in total. The fourth-order valence-electron chi connectivity index (χ4n) is 2.90. The number of methoxy groups -OCH3 is 1. The van der Waals surface area contributed by atoms with E-state index >= 15 is 0 Å². The average molecular weight is 405 g/mol. The minimum absolute atomic E-state index is 0.259. The van der Waals surface area contributed by atoms with Crippen LogP contribution in [0, 0.1) is 0 Å². The number of rotatable bonds is 8. The Morgan fingerprint density at radius 2 is 1.67 bits per heavy atom. The number of carbonyl (C=O) groups excluding carboxylic acids is 2. The van der Waals surface area contributed by atoms with Crippen molar-refractivity contribution < 1.29 is 23.8 Å². The Kier molecular flexibility index (Phi) is 7.05. The third-order valence-corrected chi connectivity index (χ3v) is 4.31. The first-order valence-corrected chi connectivity index (χ1v) is 9.55. The second kappa shape index (κ2) is 10.1. The van der Waals surface area contributed by atoms with Crippen LogP contribution in [0.15, 0.2) is 78.9 Å². The lowest BCUT2D eigenvalue weighted by atomic mass is 10.1. The number of para-hydroxylation sites is 1. The van der Waals surface area contributed by atoms with Gasteiger partial charge in [0.1, 0.15) is 17.1 Å². The molecule has 0 heterocycles. The SMILES string of the molecule is CCOc1ccccc1C(=O)O[C@H](C(=O)Nc1cccc(OC)c1)c1ccccc1.